The lowest BCUT2D eigenvalue weighted by atomic mass is 10.1. The number of alkyl halides is 6. The maximum absolute atomic E-state index is 13.1. The molecule has 0 radical (unpaired) electrons. The molecule has 202 valence electrons. The second-order valence-corrected chi connectivity index (χ2v) is 8.12. The summed E-state index contributed by atoms with van der Waals surface area (Å²) < 4.78 is 82.2. The first-order valence-electron chi connectivity index (χ1n) is 11.0. The average molecular weight is 535 g/mol. The fourth-order valence-electron chi connectivity index (χ4n) is 3.53. The van der Waals surface area contributed by atoms with Crippen LogP contribution in [0.1, 0.15) is 30.9 Å². The smallest absolute Gasteiger partial charge is 0.423 e. The van der Waals surface area contributed by atoms with Gasteiger partial charge in [-0.1, -0.05) is 6.08 Å². The van der Waals surface area contributed by atoms with Gasteiger partial charge in [-0.2, -0.15) is 31.4 Å². The fourth-order valence-corrected chi connectivity index (χ4v) is 3.53. The van der Waals surface area contributed by atoms with Crippen molar-refractivity contribution in [1.29, 1.82) is 0 Å². The van der Waals surface area contributed by atoms with E-state index in [4.69, 9.17) is 4.74 Å². The molecule has 0 saturated carbocycles. The van der Waals surface area contributed by atoms with Crippen LogP contribution >= 0.6 is 0 Å². The number of carbonyl (C=O) groups excluding carboxylic acids is 1. The third-order valence-corrected chi connectivity index (χ3v) is 5.32. The van der Waals surface area contributed by atoms with Crippen LogP contribution in [0.4, 0.5) is 42.8 Å². The number of aromatic amines is 1. The number of hydrogen-bond donors (Lipinski definition) is 3. The Morgan fingerprint density at radius 2 is 1.81 bits per heavy atom. The summed E-state index contributed by atoms with van der Waals surface area (Å²) in [7, 11) is 0. The number of nitrogens with one attached hydrogen (secondary N) is 3. The Morgan fingerprint density at radius 3 is 2.41 bits per heavy atom. The highest BCUT2D eigenvalue weighted by atomic mass is 19.4. The van der Waals surface area contributed by atoms with Crippen LogP contribution in [-0.4, -0.2) is 58.0 Å². The molecule has 1 saturated heterocycles. The first-order chi connectivity index (χ1) is 17.3. The van der Waals surface area contributed by atoms with Gasteiger partial charge in [0.2, 0.25) is 5.95 Å². The maximum atomic E-state index is 13.1. The number of aromatic nitrogens is 4. The molecule has 0 spiro atoms. The van der Waals surface area contributed by atoms with E-state index in [2.05, 4.69) is 25.7 Å². The van der Waals surface area contributed by atoms with Gasteiger partial charge >= 0.3 is 18.4 Å². The van der Waals surface area contributed by atoms with Crippen LogP contribution in [0.5, 0.6) is 0 Å². The molecule has 1 fully saturated rings. The highest BCUT2D eigenvalue weighted by molar-refractivity contribution is 5.67. The summed E-state index contributed by atoms with van der Waals surface area (Å²) in [5, 5.41) is 10.3. The van der Waals surface area contributed by atoms with Crippen LogP contribution in [0.15, 0.2) is 35.5 Å². The minimum absolute atomic E-state index is 0.157. The number of ether oxygens (including phenoxy) is 1. The molecule has 1 aliphatic heterocycles. The van der Waals surface area contributed by atoms with Crippen LogP contribution in [0.3, 0.4) is 0 Å². The van der Waals surface area contributed by atoms with Gasteiger partial charge in [0.05, 0.1) is 17.4 Å². The van der Waals surface area contributed by atoms with E-state index in [9.17, 15) is 35.9 Å². The van der Waals surface area contributed by atoms with E-state index in [1.54, 1.807) is 10.00 Å². The molecule has 3 heterocycles. The van der Waals surface area contributed by atoms with Gasteiger partial charge in [-0.25, -0.2) is 19.9 Å². The van der Waals surface area contributed by atoms with E-state index in [0.717, 1.165) is 18.6 Å². The summed E-state index contributed by atoms with van der Waals surface area (Å²) >= 11 is 0. The molecule has 10 nitrogen and oxygen atoms in total. The highest BCUT2D eigenvalue weighted by Gasteiger charge is 2.37. The van der Waals surface area contributed by atoms with E-state index < -0.39 is 46.9 Å². The van der Waals surface area contributed by atoms with Gasteiger partial charge in [0.1, 0.15) is 12.2 Å². The lowest BCUT2D eigenvalue weighted by Gasteiger charge is -2.32. The van der Waals surface area contributed by atoms with E-state index in [1.165, 1.54) is 19.1 Å². The van der Waals surface area contributed by atoms with Crippen molar-refractivity contribution in [2.24, 2.45) is 0 Å². The monoisotopic (exact) mass is 535 g/mol. The fraction of sp³-hybridized carbons (Fsp3) is 0.476. The number of carbonyl (C=O) groups is 1. The first kappa shape index (κ1) is 27.7. The number of amides is 1. The summed E-state index contributed by atoms with van der Waals surface area (Å²) in [6.07, 6.45) is -3.93. The molecule has 1 amide bonds. The average Bonchev–Trinajstić information content (AvgIpc) is 2.81. The Morgan fingerprint density at radius 1 is 1.16 bits per heavy atom. The van der Waals surface area contributed by atoms with Crippen LogP contribution in [0, 0.1) is 0 Å². The maximum Gasteiger partial charge on any atom is 0.423 e. The number of halogens is 6. The number of anilines is 2. The van der Waals surface area contributed by atoms with E-state index in [1.807, 2.05) is 0 Å². The molecule has 37 heavy (non-hydrogen) atoms. The highest BCUT2D eigenvalue weighted by Crippen LogP contribution is 2.31. The molecule has 1 atom stereocenters. The van der Waals surface area contributed by atoms with Crippen LogP contribution in [0.25, 0.3) is 0 Å². The summed E-state index contributed by atoms with van der Waals surface area (Å²) in [6, 6.07) is -0.875. The van der Waals surface area contributed by atoms with Crippen molar-refractivity contribution in [3.8, 4) is 0 Å². The second kappa shape index (κ2) is 11.5. The summed E-state index contributed by atoms with van der Waals surface area (Å²) in [5.74, 6) is 0.167. The lowest BCUT2D eigenvalue weighted by molar-refractivity contribution is -0.139. The van der Waals surface area contributed by atoms with Crippen LogP contribution < -0.4 is 21.1 Å². The van der Waals surface area contributed by atoms with Gasteiger partial charge in [-0.15, -0.1) is 0 Å². The normalized spacial score (nSPS) is 16.0. The van der Waals surface area contributed by atoms with Crippen LogP contribution in [0.2, 0.25) is 0 Å². The summed E-state index contributed by atoms with van der Waals surface area (Å²) in [5.41, 5.74) is -4.19. The zero-order chi connectivity index (χ0) is 27.2. The van der Waals surface area contributed by atoms with Gasteiger partial charge in [0, 0.05) is 37.6 Å². The van der Waals surface area contributed by atoms with Gasteiger partial charge in [-0.3, -0.25) is 4.79 Å². The second-order valence-electron chi connectivity index (χ2n) is 8.12. The number of piperidine rings is 1. The van der Waals surface area contributed by atoms with Gasteiger partial charge in [-0.05, 0) is 25.8 Å². The number of H-pyrrole nitrogens is 1. The summed E-state index contributed by atoms with van der Waals surface area (Å²) in [4.78, 5) is 32.7. The minimum atomic E-state index is -4.87. The van der Waals surface area contributed by atoms with Crippen molar-refractivity contribution in [3.05, 3.63) is 52.2 Å². The standard InChI is InChI=1S/C21H23F6N7O3/c1-12(31-15-11-30-33-17(35)16(15)21(25,26)27)3-2-8-37-19(36)32-14-4-6-34(7-5-14)18-28-9-13(10-29-18)20(22,23)24/h2-3,9-12,14H,4-8H2,1H3,(H,32,36)(H2,31,33,35)/b3-2+/t12-/m0/s1. The van der Waals surface area contributed by atoms with E-state index in [-0.39, 0.29) is 18.6 Å². The summed E-state index contributed by atoms with van der Waals surface area (Å²) in [6.45, 7) is 2.20. The molecule has 16 heteroatoms. The lowest BCUT2D eigenvalue weighted by Crippen LogP contribution is -2.45. The zero-order valence-corrected chi connectivity index (χ0v) is 19.4. The van der Waals surface area contributed by atoms with E-state index in [0.29, 0.717) is 25.9 Å². The molecular formula is C21H23F6N7O3. The molecule has 3 N–H and O–H groups in total. The Balaban J connectivity index is 1.40. The van der Waals surface area contributed by atoms with Gasteiger partial charge < -0.3 is 20.3 Å². The molecule has 2 aromatic rings. The molecule has 0 unspecified atom stereocenters. The quantitative estimate of drug-likeness (QED) is 0.364. The van der Waals surface area contributed by atoms with Crippen molar-refractivity contribution in [2.75, 3.05) is 29.9 Å². The molecule has 0 bridgehead atoms. The Bertz CT molecular complexity index is 1140. The molecular weight excluding hydrogens is 512 g/mol. The Kier molecular flexibility index (Phi) is 8.60. The molecule has 0 aliphatic carbocycles. The number of rotatable bonds is 7. The number of nitrogens with zero attached hydrogens (tertiary/aromatic N) is 4. The third kappa shape index (κ3) is 7.82. The van der Waals surface area contributed by atoms with Gasteiger partial charge in [0.25, 0.3) is 5.56 Å². The number of alkyl carbamates (subject to hydrolysis) is 1. The topological polar surface area (TPSA) is 125 Å². The largest absolute Gasteiger partial charge is 0.445 e. The van der Waals surface area contributed by atoms with Crippen molar-refractivity contribution in [3.63, 3.8) is 0 Å². The molecule has 2 aromatic heterocycles. The van der Waals surface area contributed by atoms with Crippen molar-refractivity contribution in [2.45, 2.75) is 44.2 Å². The van der Waals surface area contributed by atoms with E-state index >= 15 is 0 Å². The SMILES string of the molecule is C[C@@H](/C=C/COC(=O)NC1CCN(c2ncc(C(F)(F)F)cn2)CC1)Nc1cn[nH]c(=O)c1C(F)(F)F. The molecule has 1 aliphatic rings. The van der Waals surface area contributed by atoms with Crippen molar-refractivity contribution in [1.82, 2.24) is 25.5 Å². The molecule has 0 aromatic carbocycles. The first-order valence-corrected chi connectivity index (χ1v) is 11.0. The zero-order valence-electron chi connectivity index (χ0n) is 19.4. The Labute approximate surface area is 206 Å². The predicted molar refractivity (Wildman–Crippen MR) is 119 cm³/mol. The van der Waals surface area contributed by atoms with Gasteiger partial charge in [0.15, 0.2) is 0 Å². The van der Waals surface area contributed by atoms with Crippen molar-refractivity contribution >= 4 is 17.7 Å². The van der Waals surface area contributed by atoms with Crippen molar-refractivity contribution < 1.29 is 35.9 Å². The van der Waals surface area contributed by atoms with Crippen LogP contribution in [-0.2, 0) is 17.1 Å². The Hall–Kier alpha value is -3.85. The minimum Gasteiger partial charge on any atom is -0.445 e. The molecule has 3 rings (SSSR count). The third-order valence-electron chi connectivity index (χ3n) is 5.32. The number of hydrogen-bond acceptors (Lipinski definition) is 8. The predicted octanol–water partition coefficient (Wildman–Crippen LogP) is 3.35.